The second-order valence-electron chi connectivity index (χ2n) is 6.91. The highest BCUT2D eigenvalue weighted by atomic mass is 16.5. The first kappa shape index (κ1) is 16.0. The zero-order valence-corrected chi connectivity index (χ0v) is 15.0. The molecule has 2 aliphatic heterocycles. The Morgan fingerprint density at radius 1 is 0.963 bits per heavy atom. The Balaban J connectivity index is 1.29. The molecule has 2 atom stereocenters. The summed E-state index contributed by atoms with van der Waals surface area (Å²) in [5, 5.41) is 4.25. The van der Waals surface area contributed by atoms with Crippen molar-refractivity contribution >= 4 is 11.8 Å². The number of anilines is 2. The van der Waals surface area contributed by atoms with Crippen molar-refractivity contribution in [3.63, 3.8) is 0 Å². The molecule has 0 saturated carbocycles. The average molecular weight is 364 g/mol. The van der Waals surface area contributed by atoms with Gasteiger partial charge in [-0.3, -0.25) is 0 Å². The van der Waals surface area contributed by atoms with Crippen LogP contribution in [0.25, 0.3) is 5.82 Å². The highest BCUT2D eigenvalue weighted by Gasteiger charge is 2.41. The van der Waals surface area contributed by atoms with E-state index in [1.807, 2.05) is 18.3 Å². The van der Waals surface area contributed by atoms with Gasteiger partial charge in [-0.2, -0.15) is 10.1 Å². The molecule has 0 spiro atoms. The van der Waals surface area contributed by atoms with Gasteiger partial charge in [-0.05, 0) is 6.07 Å². The summed E-state index contributed by atoms with van der Waals surface area (Å²) in [6.07, 6.45) is 6.99. The van der Waals surface area contributed by atoms with Crippen LogP contribution in [0.1, 0.15) is 0 Å². The first-order valence-electron chi connectivity index (χ1n) is 8.99. The van der Waals surface area contributed by atoms with Gasteiger partial charge in [0.25, 0.3) is 0 Å². The molecule has 0 bridgehead atoms. The molecule has 0 amide bonds. The van der Waals surface area contributed by atoms with Crippen molar-refractivity contribution in [2.75, 3.05) is 43.1 Å². The summed E-state index contributed by atoms with van der Waals surface area (Å²) < 4.78 is 6.97. The number of hydrogen-bond acceptors (Lipinski definition) is 8. The Bertz CT molecular complexity index is 917. The first-order valence-corrected chi connectivity index (χ1v) is 8.99. The highest BCUT2D eigenvalue weighted by Crippen LogP contribution is 2.35. The number of methoxy groups -OCH3 is 1. The summed E-state index contributed by atoms with van der Waals surface area (Å²) in [6, 6.07) is 5.66. The van der Waals surface area contributed by atoms with Crippen molar-refractivity contribution < 1.29 is 4.74 Å². The van der Waals surface area contributed by atoms with Gasteiger partial charge in [-0.25, -0.2) is 19.6 Å². The Labute approximate surface area is 156 Å². The van der Waals surface area contributed by atoms with Gasteiger partial charge in [0.1, 0.15) is 12.1 Å². The quantitative estimate of drug-likeness (QED) is 0.679. The van der Waals surface area contributed by atoms with Crippen molar-refractivity contribution in [1.29, 1.82) is 0 Å². The van der Waals surface area contributed by atoms with Crippen LogP contribution < -0.4 is 14.5 Å². The van der Waals surface area contributed by atoms with Crippen LogP contribution in [0.15, 0.2) is 43.1 Å². The standard InChI is InChI=1S/C18H20N8O/c1-27-17-3-5-19-18(23-17)25-10-13-8-24(9-14(13)11-25)15-7-16(21-12-20-15)26-6-2-4-22-26/h2-7,12-14H,8-11H2,1H3. The van der Waals surface area contributed by atoms with E-state index >= 15 is 0 Å². The molecule has 2 saturated heterocycles. The molecule has 9 nitrogen and oxygen atoms in total. The van der Waals surface area contributed by atoms with Gasteiger partial charge >= 0.3 is 0 Å². The third-order valence-electron chi connectivity index (χ3n) is 5.30. The van der Waals surface area contributed by atoms with E-state index in [1.54, 1.807) is 36.6 Å². The third kappa shape index (κ3) is 2.94. The van der Waals surface area contributed by atoms with Crippen LogP contribution in [0.2, 0.25) is 0 Å². The lowest BCUT2D eigenvalue weighted by atomic mass is 10.0. The van der Waals surface area contributed by atoms with Gasteiger partial charge in [0.15, 0.2) is 5.82 Å². The number of fused-ring (bicyclic) bond motifs is 1. The van der Waals surface area contributed by atoms with E-state index in [0.29, 0.717) is 17.7 Å². The van der Waals surface area contributed by atoms with E-state index in [-0.39, 0.29) is 0 Å². The highest BCUT2D eigenvalue weighted by molar-refractivity contribution is 5.46. The van der Waals surface area contributed by atoms with Gasteiger partial charge in [0.2, 0.25) is 11.8 Å². The monoisotopic (exact) mass is 364 g/mol. The predicted molar refractivity (Wildman–Crippen MR) is 99.1 cm³/mol. The van der Waals surface area contributed by atoms with Crippen molar-refractivity contribution in [2.45, 2.75) is 0 Å². The maximum absolute atomic E-state index is 5.22. The van der Waals surface area contributed by atoms with Gasteiger partial charge in [-0.15, -0.1) is 0 Å². The maximum atomic E-state index is 5.22. The van der Waals surface area contributed by atoms with Crippen LogP contribution >= 0.6 is 0 Å². The second-order valence-corrected chi connectivity index (χ2v) is 6.91. The van der Waals surface area contributed by atoms with Gasteiger partial charge in [0.05, 0.1) is 7.11 Å². The molecule has 2 aliphatic rings. The minimum absolute atomic E-state index is 0.572. The van der Waals surface area contributed by atoms with Crippen LogP contribution in [0.5, 0.6) is 5.88 Å². The first-order chi connectivity index (χ1) is 13.3. The summed E-state index contributed by atoms with van der Waals surface area (Å²) in [5.74, 6) is 4.23. The van der Waals surface area contributed by atoms with Crippen molar-refractivity contribution in [3.05, 3.63) is 43.1 Å². The van der Waals surface area contributed by atoms with E-state index in [0.717, 1.165) is 43.8 Å². The molecule has 2 fully saturated rings. The zero-order valence-electron chi connectivity index (χ0n) is 15.0. The van der Waals surface area contributed by atoms with Crippen molar-refractivity contribution in [2.24, 2.45) is 11.8 Å². The summed E-state index contributed by atoms with van der Waals surface area (Å²) >= 11 is 0. The molecule has 27 heavy (non-hydrogen) atoms. The molecule has 0 aliphatic carbocycles. The molecule has 5 heterocycles. The smallest absolute Gasteiger partial charge is 0.228 e. The fraction of sp³-hybridized carbons (Fsp3) is 0.389. The van der Waals surface area contributed by atoms with E-state index in [9.17, 15) is 0 Å². The molecule has 3 aromatic rings. The Morgan fingerprint density at radius 2 is 1.74 bits per heavy atom. The van der Waals surface area contributed by atoms with Crippen LogP contribution in [0.3, 0.4) is 0 Å². The van der Waals surface area contributed by atoms with E-state index in [4.69, 9.17) is 4.74 Å². The maximum Gasteiger partial charge on any atom is 0.228 e. The average Bonchev–Trinajstić information content (AvgIpc) is 3.44. The summed E-state index contributed by atoms with van der Waals surface area (Å²) in [7, 11) is 1.63. The number of aromatic nitrogens is 6. The van der Waals surface area contributed by atoms with Crippen LogP contribution in [-0.2, 0) is 0 Å². The lowest BCUT2D eigenvalue weighted by Gasteiger charge is -2.22. The van der Waals surface area contributed by atoms with Crippen LogP contribution in [-0.4, -0.2) is 63.0 Å². The normalized spacial score (nSPS) is 21.5. The molecule has 9 heteroatoms. The van der Waals surface area contributed by atoms with Crippen LogP contribution in [0.4, 0.5) is 11.8 Å². The van der Waals surface area contributed by atoms with Crippen molar-refractivity contribution in [3.8, 4) is 11.7 Å². The minimum Gasteiger partial charge on any atom is -0.481 e. The van der Waals surface area contributed by atoms with E-state index in [2.05, 4.69) is 34.8 Å². The van der Waals surface area contributed by atoms with Gasteiger partial charge in [0, 0.05) is 68.7 Å². The largest absolute Gasteiger partial charge is 0.481 e. The molecular weight excluding hydrogens is 344 g/mol. The number of ether oxygens (including phenoxy) is 1. The number of rotatable bonds is 4. The fourth-order valence-electron chi connectivity index (χ4n) is 3.98. The fourth-order valence-corrected chi connectivity index (χ4v) is 3.98. The lowest BCUT2D eigenvalue weighted by Crippen LogP contribution is -2.30. The molecular formula is C18H20N8O. The minimum atomic E-state index is 0.572. The molecule has 3 aromatic heterocycles. The Hall–Kier alpha value is -3.23. The van der Waals surface area contributed by atoms with E-state index in [1.165, 1.54) is 0 Å². The summed E-state index contributed by atoms with van der Waals surface area (Å²) in [4.78, 5) is 22.3. The van der Waals surface area contributed by atoms with Gasteiger partial charge in [-0.1, -0.05) is 0 Å². The van der Waals surface area contributed by atoms with E-state index < -0.39 is 0 Å². The molecule has 0 radical (unpaired) electrons. The Morgan fingerprint density at radius 3 is 2.48 bits per heavy atom. The van der Waals surface area contributed by atoms with Crippen molar-refractivity contribution in [1.82, 2.24) is 29.7 Å². The lowest BCUT2D eigenvalue weighted by molar-refractivity contribution is 0.397. The predicted octanol–water partition coefficient (Wildman–Crippen LogP) is 1.03. The molecule has 138 valence electrons. The molecule has 2 unspecified atom stereocenters. The molecule has 0 N–H and O–H groups in total. The Kier molecular flexibility index (Phi) is 3.84. The number of nitrogens with zero attached hydrogens (tertiary/aromatic N) is 8. The van der Waals surface area contributed by atoms with Gasteiger partial charge < -0.3 is 14.5 Å². The molecule has 0 aromatic carbocycles. The number of hydrogen-bond donors (Lipinski definition) is 0. The second kappa shape index (κ2) is 6.49. The zero-order chi connectivity index (χ0) is 18.2. The third-order valence-corrected chi connectivity index (χ3v) is 5.30. The molecule has 5 rings (SSSR count). The summed E-state index contributed by atoms with van der Waals surface area (Å²) in [6.45, 7) is 3.85. The summed E-state index contributed by atoms with van der Waals surface area (Å²) in [5.41, 5.74) is 0. The van der Waals surface area contributed by atoms with Crippen LogP contribution in [0, 0.1) is 11.8 Å². The SMILES string of the molecule is COc1ccnc(N2CC3CN(c4cc(-n5cccn5)ncn4)CC3C2)n1. The topological polar surface area (TPSA) is 85.1 Å².